The van der Waals surface area contributed by atoms with E-state index in [1.54, 1.807) is 29.2 Å². The number of nitrogens with zero attached hydrogens (tertiary/aromatic N) is 3. The standard InChI is InChI=1S/C18H23N3OS/c1-3-5-9-13-11-7-6-8-12(11)14-15-16(23-18(14)21-13)17(22-4-2)20-10-19-15/h10,14,18H,3-9H2,1-2H3/t14-,18-/m0/s1. The van der Waals surface area contributed by atoms with Crippen molar-refractivity contribution in [3.8, 4) is 5.88 Å². The molecular formula is C18H23N3OS. The third kappa shape index (κ3) is 2.49. The van der Waals surface area contributed by atoms with Crippen LogP contribution in [0, 0.1) is 0 Å². The SMILES string of the molecule is CCCCC1=N[C@H]2Sc3c(OCC)ncnc3[C@@H]2C2=C1CCC2. The molecule has 1 aromatic rings. The molecule has 4 rings (SSSR count). The van der Waals surface area contributed by atoms with E-state index in [1.807, 2.05) is 6.92 Å². The molecule has 3 aliphatic rings. The van der Waals surface area contributed by atoms with Crippen molar-refractivity contribution in [1.29, 1.82) is 0 Å². The molecule has 0 spiro atoms. The van der Waals surface area contributed by atoms with Crippen molar-refractivity contribution in [3.63, 3.8) is 0 Å². The molecule has 1 aliphatic carbocycles. The second-order valence-corrected chi connectivity index (χ2v) is 7.48. The van der Waals surface area contributed by atoms with Crippen LogP contribution >= 0.6 is 11.8 Å². The van der Waals surface area contributed by atoms with E-state index in [9.17, 15) is 0 Å². The van der Waals surface area contributed by atoms with Crippen molar-refractivity contribution in [2.24, 2.45) is 4.99 Å². The van der Waals surface area contributed by atoms with Crippen LogP contribution in [0.5, 0.6) is 5.88 Å². The van der Waals surface area contributed by atoms with Crippen LogP contribution in [0.25, 0.3) is 0 Å². The van der Waals surface area contributed by atoms with Gasteiger partial charge >= 0.3 is 0 Å². The summed E-state index contributed by atoms with van der Waals surface area (Å²) in [6.07, 6.45) is 8.90. The van der Waals surface area contributed by atoms with Crippen LogP contribution in [0.4, 0.5) is 0 Å². The molecule has 5 heteroatoms. The molecule has 0 radical (unpaired) electrons. The minimum atomic E-state index is 0.240. The third-order valence-electron chi connectivity index (χ3n) is 4.93. The average molecular weight is 329 g/mol. The van der Waals surface area contributed by atoms with Crippen LogP contribution in [0.2, 0.25) is 0 Å². The van der Waals surface area contributed by atoms with Gasteiger partial charge in [-0.05, 0) is 44.6 Å². The number of fused-ring (bicyclic) bond motifs is 4. The second-order valence-electron chi connectivity index (χ2n) is 6.35. The predicted octanol–water partition coefficient (Wildman–Crippen LogP) is 4.52. The van der Waals surface area contributed by atoms with Gasteiger partial charge in [0.15, 0.2) is 0 Å². The topological polar surface area (TPSA) is 47.4 Å². The van der Waals surface area contributed by atoms with E-state index in [0.29, 0.717) is 12.5 Å². The van der Waals surface area contributed by atoms with Gasteiger partial charge in [-0.2, -0.15) is 0 Å². The molecule has 0 amide bonds. The molecule has 0 bridgehead atoms. The molecule has 3 heterocycles. The van der Waals surface area contributed by atoms with Gasteiger partial charge in [0.25, 0.3) is 0 Å². The molecule has 0 saturated heterocycles. The predicted molar refractivity (Wildman–Crippen MR) is 93.4 cm³/mol. The Morgan fingerprint density at radius 1 is 1.26 bits per heavy atom. The summed E-state index contributed by atoms with van der Waals surface area (Å²) in [5.74, 6) is 1.09. The lowest BCUT2D eigenvalue weighted by molar-refractivity contribution is 0.316. The average Bonchev–Trinajstić information content (AvgIpc) is 3.17. The first-order chi connectivity index (χ1) is 11.3. The van der Waals surface area contributed by atoms with Crippen molar-refractivity contribution in [2.45, 2.75) is 68.6 Å². The third-order valence-corrected chi connectivity index (χ3v) is 6.17. The number of allylic oxidation sites excluding steroid dienone is 1. The minimum Gasteiger partial charge on any atom is -0.477 e. The lowest BCUT2D eigenvalue weighted by Crippen LogP contribution is -2.21. The van der Waals surface area contributed by atoms with Crippen LogP contribution < -0.4 is 4.74 Å². The van der Waals surface area contributed by atoms with Crippen LogP contribution in [0.15, 0.2) is 27.4 Å². The highest BCUT2D eigenvalue weighted by Gasteiger charge is 2.44. The highest BCUT2D eigenvalue weighted by molar-refractivity contribution is 8.00. The Morgan fingerprint density at radius 3 is 3.00 bits per heavy atom. The van der Waals surface area contributed by atoms with Gasteiger partial charge in [0.1, 0.15) is 11.7 Å². The maximum absolute atomic E-state index is 5.72. The van der Waals surface area contributed by atoms with E-state index in [0.717, 1.165) is 22.9 Å². The van der Waals surface area contributed by atoms with Gasteiger partial charge in [-0.25, -0.2) is 9.97 Å². The van der Waals surface area contributed by atoms with Gasteiger partial charge in [-0.1, -0.05) is 30.7 Å². The van der Waals surface area contributed by atoms with Crippen molar-refractivity contribution in [3.05, 3.63) is 23.2 Å². The molecule has 0 saturated carbocycles. The normalized spacial score (nSPS) is 25.0. The van der Waals surface area contributed by atoms with Crippen molar-refractivity contribution >= 4 is 17.5 Å². The lowest BCUT2D eigenvalue weighted by atomic mass is 9.87. The lowest BCUT2D eigenvalue weighted by Gasteiger charge is -2.26. The van der Waals surface area contributed by atoms with E-state index < -0.39 is 0 Å². The van der Waals surface area contributed by atoms with E-state index in [4.69, 9.17) is 9.73 Å². The summed E-state index contributed by atoms with van der Waals surface area (Å²) in [5.41, 5.74) is 5.66. The molecule has 4 nitrogen and oxygen atoms in total. The fourth-order valence-corrected chi connectivity index (χ4v) is 5.30. The van der Waals surface area contributed by atoms with Crippen LogP contribution in [-0.2, 0) is 0 Å². The van der Waals surface area contributed by atoms with E-state index >= 15 is 0 Å². The zero-order valence-electron chi connectivity index (χ0n) is 13.8. The Bertz CT molecular complexity index is 683. The molecule has 0 fully saturated rings. The van der Waals surface area contributed by atoms with Gasteiger partial charge in [-0.3, -0.25) is 4.99 Å². The highest BCUT2D eigenvalue weighted by Crippen LogP contribution is 2.56. The summed E-state index contributed by atoms with van der Waals surface area (Å²) < 4.78 is 5.72. The zero-order valence-corrected chi connectivity index (χ0v) is 14.7. The van der Waals surface area contributed by atoms with Crippen molar-refractivity contribution < 1.29 is 4.74 Å². The van der Waals surface area contributed by atoms with E-state index in [2.05, 4.69) is 16.9 Å². The molecule has 0 aromatic carbocycles. The fraction of sp³-hybridized carbons (Fsp3) is 0.611. The summed E-state index contributed by atoms with van der Waals surface area (Å²) in [4.78, 5) is 15.2. The summed E-state index contributed by atoms with van der Waals surface area (Å²) in [6.45, 7) is 4.89. The number of aromatic nitrogens is 2. The van der Waals surface area contributed by atoms with Gasteiger partial charge < -0.3 is 4.74 Å². The molecule has 0 unspecified atom stereocenters. The molecule has 23 heavy (non-hydrogen) atoms. The van der Waals surface area contributed by atoms with Crippen molar-refractivity contribution in [1.82, 2.24) is 9.97 Å². The smallest absolute Gasteiger partial charge is 0.230 e. The fourth-order valence-electron chi connectivity index (χ4n) is 3.94. The Balaban J connectivity index is 1.73. The minimum absolute atomic E-state index is 0.240. The van der Waals surface area contributed by atoms with Crippen LogP contribution in [-0.4, -0.2) is 27.7 Å². The number of hydrogen-bond donors (Lipinski definition) is 0. The molecular weight excluding hydrogens is 306 g/mol. The number of hydrogen-bond acceptors (Lipinski definition) is 5. The van der Waals surface area contributed by atoms with Gasteiger partial charge in [0, 0.05) is 5.71 Å². The van der Waals surface area contributed by atoms with Gasteiger partial charge in [-0.15, -0.1) is 0 Å². The Labute approximate surface area is 141 Å². The molecule has 0 N–H and O–H groups in total. The van der Waals surface area contributed by atoms with Gasteiger partial charge in [0.2, 0.25) is 5.88 Å². The Morgan fingerprint density at radius 2 is 2.17 bits per heavy atom. The summed E-state index contributed by atoms with van der Waals surface area (Å²) in [7, 11) is 0. The second kappa shape index (κ2) is 6.27. The first-order valence-electron chi connectivity index (χ1n) is 8.76. The number of ether oxygens (including phenoxy) is 1. The van der Waals surface area contributed by atoms with Gasteiger partial charge in [0.05, 0.1) is 23.1 Å². The zero-order chi connectivity index (χ0) is 15.8. The monoisotopic (exact) mass is 329 g/mol. The Hall–Kier alpha value is -1.36. The first kappa shape index (κ1) is 15.2. The molecule has 1 aromatic heterocycles. The first-order valence-corrected chi connectivity index (χ1v) is 9.64. The maximum atomic E-state index is 5.72. The summed E-state index contributed by atoms with van der Waals surface area (Å²) >= 11 is 1.80. The number of aliphatic imine (C=N–C) groups is 1. The molecule has 2 aliphatic heterocycles. The Kier molecular flexibility index (Phi) is 4.14. The number of dihydropyridines is 1. The van der Waals surface area contributed by atoms with E-state index in [1.165, 1.54) is 37.8 Å². The van der Waals surface area contributed by atoms with E-state index in [-0.39, 0.29) is 5.37 Å². The number of rotatable bonds is 5. The summed E-state index contributed by atoms with van der Waals surface area (Å²) in [5, 5.41) is 0.240. The maximum Gasteiger partial charge on any atom is 0.230 e. The number of thioether (sulfide) groups is 1. The quantitative estimate of drug-likeness (QED) is 0.797. The van der Waals surface area contributed by atoms with Crippen LogP contribution in [0.1, 0.15) is 64.0 Å². The number of unbranched alkanes of at least 4 members (excludes halogenated alkanes) is 1. The summed E-state index contributed by atoms with van der Waals surface area (Å²) in [6, 6.07) is 0. The molecule has 2 atom stereocenters. The van der Waals surface area contributed by atoms with Crippen molar-refractivity contribution in [2.75, 3.05) is 6.61 Å². The largest absolute Gasteiger partial charge is 0.477 e. The molecule has 122 valence electrons. The van der Waals surface area contributed by atoms with Crippen LogP contribution in [0.3, 0.4) is 0 Å². The highest BCUT2D eigenvalue weighted by atomic mass is 32.2.